The molecular formula is C17H20N4O7. The molecule has 1 atom stereocenters. The fraction of sp³-hybridized carbons (Fsp3) is 0.353. The molecule has 1 aromatic carbocycles. The number of hydrogen-bond donors (Lipinski definition) is 4. The van der Waals surface area contributed by atoms with Gasteiger partial charge >= 0.3 is 23.8 Å². The monoisotopic (exact) mass is 392 g/mol. The van der Waals surface area contributed by atoms with Crippen molar-refractivity contribution in [2.45, 2.75) is 13.0 Å². The normalized spacial score (nSPS) is 15.2. The Balaban J connectivity index is 2.19. The molecule has 1 saturated heterocycles. The number of benzene rings is 1. The number of carboxylic acid groups (broad SMARTS) is 1. The van der Waals surface area contributed by atoms with Crippen LogP contribution in [-0.4, -0.2) is 75.9 Å². The number of aromatic hydroxyl groups is 1. The molecule has 1 heterocycles. The van der Waals surface area contributed by atoms with E-state index in [4.69, 9.17) is 5.11 Å². The van der Waals surface area contributed by atoms with E-state index >= 15 is 0 Å². The van der Waals surface area contributed by atoms with Gasteiger partial charge in [0.1, 0.15) is 18.3 Å². The van der Waals surface area contributed by atoms with Gasteiger partial charge < -0.3 is 25.7 Å². The van der Waals surface area contributed by atoms with Gasteiger partial charge in [0.05, 0.1) is 0 Å². The second-order valence-corrected chi connectivity index (χ2v) is 5.93. The second kappa shape index (κ2) is 8.84. The number of urea groups is 1. The van der Waals surface area contributed by atoms with Crippen molar-refractivity contribution in [2.75, 3.05) is 26.2 Å². The van der Waals surface area contributed by atoms with Gasteiger partial charge in [-0.05, 0) is 24.6 Å². The topological polar surface area (TPSA) is 156 Å². The predicted octanol–water partition coefficient (Wildman–Crippen LogP) is -0.966. The van der Waals surface area contributed by atoms with Crippen LogP contribution in [0.25, 0.3) is 0 Å². The zero-order valence-electron chi connectivity index (χ0n) is 15.0. The number of amides is 5. The maximum atomic E-state index is 12.5. The summed E-state index contributed by atoms with van der Waals surface area (Å²) in [7, 11) is 0. The number of carbonyl (C=O) groups excluding carboxylic acids is 4. The van der Waals surface area contributed by atoms with Crippen molar-refractivity contribution in [1.29, 1.82) is 0 Å². The molecule has 0 saturated carbocycles. The zero-order chi connectivity index (χ0) is 20.8. The van der Waals surface area contributed by atoms with Crippen LogP contribution in [0.5, 0.6) is 5.75 Å². The number of carbonyl (C=O) groups is 5. The summed E-state index contributed by atoms with van der Waals surface area (Å²) >= 11 is 0. The van der Waals surface area contributed by atoms with Crippen molar-refractivity contribution >= 4 is 29.7 Å². The molecule has 1 aromatic rings. The van der Waals surface area contributed by atoms with Crippen molar-refractivity contribution < 1.29 is 34.2 Å². The summed E-state index contributed by atoms with van der Waals surface area (Å²) in [6.07, 6.45) is 0. The Morgan fingerprint density at radius 1 is 1.11 bits per heavy atom. The molecule has 11 nitrogen and oxygen atoms in total. The summed E-state index contributed by atoms with van der Waals surface area (Å²) in [4.78, 5) is 61.7. The van der Waals surface area contributed by atoms with Gasteiger partial charge in [-0.15, -0.1) is 0 Å². The summed E-state index contributed by atoms with van der Waals surface area (Å²) in [5.74, 6) is -4.01. The largest absolute Gasteiger partial charge is 0.508 e. The molecule has 150 valence electrons. The molecule has 1 aliphatic rings. The number of nitrogens with zero attached hydrogens (tertiary/aromatic N) is 2. The molecule has 5 amide bonds. The van der Waals surface area contributed by atoms with Crippen LogP contribution in [0.1, 0.15) is 18.5 Å². The Morgan fingerprint density at radius 2 is 1.75 bits per heavy atom. The van der Waals surface area contributed by atoms with Gasteiger partial charge in [0.15, 0.2) is 0 Å². The average Bonchev–Trinajstić information content (AvgIpc) is 2.67. The maximum absolute atomic E-state index is 12.5. The third-order valence-corrected chi connectivity index (χ3v) is 4.11. The lowest BCUT2D eigenvalue weighted by Crippen LogP contribution is -2.59. The number of hydrogen-bond acceptors (Lipinski definition) is 6. The Bertz CT molecular complexity index is 793. The summed E-state index contributed by atoms with van der Waals surface area (Å²) < 4.78 is 0. The molecule has 11 heteroatoms. The van der Waals surface area contributed by atoms with E-state index in [1.54, 1.807) is 6.92 Å². The molecule has 0 aliphatic carbocycles. The number of rotatable bonds is 6. The van der Waals surface area contributed by atoms with Crippen LogP contribution in [0.15, 0.2) is 24.3 Å². The Hall–Kier alpha value is -3.63. The van der Waals surface area contributed by atoms with E-state index in [1.807, 2.05) is 0 Å². The molecule has 0 unspecified atom stereocenters. The zero-order valence-corrected chi connectivity index (χ0v) is 15.0. The van der Waals surface area contributed by atoms with Gasteiger partial charge in [-0.1, -0.05) is 12.1 Å². The number of carboxylic acids is 1. The fourth-order valence-corrected chi connectivity index (χ4v) is 2.60. The van der Waals surface area contributed by atoms with Gasteiger partial charge in [-0.25, -0.2) is 4.79 Å². The smallest absolute Gasteiger partial charge is 0.325 e. The first kappa shape index (κ1) is 20.7. The second-order valence-electron chi connectivity index (χ2n) is 5.93. The summed E-state index contributed by atoms with van der Waals surface area (Å²) in [6.45, 7) is 1.49. The van der Waals surface area contributed by atoms with Crippen LogP contribution < -0.4 is 10.6 Å². The maximum Gasteiger partial charge on any atom is 0.325 e. The van der Waals surface area contributed by atoms with Crippen LogP contribution in [0.3, 0.4) is 0 Å². The van der Waals surface area contributed by atoms with Crippen LogP contribution in [0, 0.1) is 0 Å². The predicted molar refractivity (Wildman–Crippen MR) is 94.0 cm³/mol. The standard InChI is InChI=1S/C17H20N4O7/c1-2-20-7-8-21(16(27)15(20)26)17(28)19-13(14(25)18-9-12(23)24)10-3-5-11(22)6-4-10/h3-6,13,22H,2,7-9H2,1H3,(H,18,25)(H,19,28)(H,23,24)/t13-/m1/s1. The van der Waals surface area contributed by atoms with E-state index in [2.05, 4.69) is 10.6 Å². The number of imide groups is 1. The summed E-state index contributed by atoms with van der Waals surface area (Å²) in [5, 5.41) is 22.6. The highest BCUT2D eigenvalue weighted by Crippen LogP contribution is 2.18. The number of piperazine rings is 1. The minimum Gasteiger partial charge on any atom is -0.508 e. The van der Waals surface area contributed by atoms with Gasteiger partial charge in [-0.2, -0.15) is 0 Å². The van der Waals surface area contributed by atoms with Crippen LogP contribution in [0.4, 0.5) is 4.79 Å². The van der Waals surface area contributed by atoms with Crippen LogP contribution >= 0.6 is 0 Å². The molecule has 2 rings (SSSR count). The molecule has 1 aliphatic heterocycles. The van der Waals surface area contributed by atoms with E-state index in [-0.39, 0.29) is 24.4 Å². The quantitative estimate of drug-likeness (QED) is 0.454. The lowest BCUT2D eigenvalue weighted by atomic mass is 10.1. The highest BCUT2D eigenvalue weighted by Gasteiger charge is 2.37. The van der Waals surface area contributed by atoms with E-state index < -0.39 is 42.3 Å². The first-order valence-corrected chi connectivity index (χ1v) is 8.44. The first-order chi connectivity index (χ1) is 13.2. The van der Waals surface area contributed by atoms with Gasteiger partial charge in [0.2, 0.25) is 5.91 Å². The minimum absolute atomic E-state index is 0.0384. The van der Waals surface area contributed by atoms with Crippen molar-refractivity contribution in [3.8, 4) is 5.75 Å². The van der Waals surface area contributed by atoms with E-state index in [1.165, 1.54) is 29.2 Å². The highest BCUT2D eigenvalue weighted by molar-refractivity contribution is 6.38. The van der Waals surface area contributed by atoms with Crippen LogP contribution in [-0.2, 0) is 19.2 Å². The van der Waals surface area contributed by atoms with Gasteiger partial charge in [-0.3, -0.25) is 24.1 Å². The van der Waals surface area contributed by atoms with E-state index in [0.29, 0.717) is 11.4 Å². The molecule has 4 N–H and O–H groups in total. The van der Waals surface area contributed by atoms with Gasteiger partial charge in [0, 0.05) is 19.6 Å². The molecule has 1 fully saturated rings. The average molecular weight is 392 g/mol. The lowest BCUT2D eigenvalue weighted by Gasteiger charge is -2.32. The molecule has 0 spiro atoms. The van der Waals surface area contributed by atoms with Crippen molar-refractivity contribution in [2.24, 2.45) is 0 Å². The molecule has 0 radical (unpaired) electrons. The molecular weight excluding hydrogens is 372 g/mol. The number of phenolic OH excluding ortho intramolecular Hbond substituents is 1. The highest BCUT2D eigenvalue weighted by atomic mass is 16.4. The van der Waals surface area contributed by atoms with E-state index in [0.717, 1.165) is 0 Å². The Labute approximate surface area is 159 Å². The number of nitrogens with one attached hydrogen (secondary N) is 2. The first-order valence-electron chi connectivity index (χ1n) is 8.44. The third-order valence-electron chi connectivity index (χ3n) is 4.11. The van der Waals surface area contributed by atoms with E-state index in [9.17, 15) is 29.1 Å². The fourth-order valence-electron chi connectivity index (χ4n) is 2.60. The molecule has 0 bridgehead atoms. The third kappa shape index (κ3) is 4.75. The minimum atomic E-state index is -1.33. The van der Waals surface area contributed by atoms with Crippen molar-refractivity contribution in [3.63, 3.8) is 0 Å². The Kier molecular flexibility index (Phi) is 6.53. The summed E-state index contributed by atoms with van der Waals surface area (Å²) in [6, 6.07) is 3.00. The number of likely N-dealkylation sites (N-methyl/N-ethyl adjacent to an activating group) is 1. The summed E-state index contributed by atoms with van der Waals surface area (Å²) in [5.41, 5.74) is 0.250. The SMILES string of the molecule is CCN1CCN(C(=O)N[C@@H](C(=O)NCC(=O)O)c2ccc(O)cc2)C(=O)C1=O. The van der Waals surface area contributed by atoms with Gasteiger partial charge in [0.25, 0.3) is 0 Å². The van der Waals surface area contributed by atoms with Crippen molar-refractivity contribution in [1.82, 2.24) is 20.4 Å². The van der Waals surface area contributed by atoms with Crippen molar-refractivity contribution in [3.05, 3.63) is 29.8 Å². The number of phenols is 1. The molecule has 0 aromatic heterocycles. The lowest BCUT2D eigenvalue weighted by molar-refractivity contribution is -0.153. The molecule has 28 heavy (non-hydrogen) atoms. The number of aliphatic carboxylic acids is 1. The van der Waals surface area contributed by atoms with Crippen LogP contribution in [0.2, 0.25) is 0 Å². The Morgan fingerprint density at radius 3 is 2.32 bits per heavy atom.